The molecule has 1 heterocycles. The molecule has 192 valence electrons. The van der Waals surface area contributed by atoms with Crippen LogP contribution in [0.25, 0.3) is 5.76 Å². The maximum Gasteiger partial charge on any atom is 0.416 e. The van der Waals surface area contributed by atoms with E-state index in [2.05, 4.69) is 0 Å². The van der Waals surface area contributed by atoms with E-state index in [0.717, 1.165) is 41.7 Å². The van der Waals surface area contributed by atoms with E-state index in [1.165, 1.54) is 24.3 Å². The van der Waals surface area contributed by atoms with Crippen molar-refractivity contribution in [1.29, 1.82) is 0 Å². The zero-order valence-electron chi connectivity index (χ0n) is 20.0. The maximum atomic E-state index is 13.7. The number of ether oxygens (including phenoxy) is 1. The largest absolute Gasteiger partial charge is 0.507 e. The Morgan fingerprint density at radius 3 is 2.35 bits per heavy atom. The number of ketones is 1. The highest BCUT2D eigenvalue weighted by Gasteiger charge is 2.47. The molecule has 9 heteroatoms. The van der Waals surface area contributed by atoms with Crippen LogP contribution < -0.4 is 9.64 Å². The maximum absolute atomic E-state index is 13.7. The molecule has 0 aliphatic carbocycles. The number of carbonyl (C=O) groups is 2. The number of aryl methyl sites for hydroxylation is 1. The fourth-order valence-corrected chi connectivity index (χ4v) is 4.22. The summed E-state index contributed by atoms with van der Waals surface area (Å²) in [5.74, 6) is -2.70. The predicted molar refractivity (Wildman–Crippen MR) is 130 cm³/mol. The SMILES string of the molecule is CCCOc1ccc(/C(O)=C2\C(=O)C(=O)N(c3cccc(C(F)(F)F)c3)C2c2ccc(F)cc2)cc1C. The Morgan fingerprint density at radius 2 is 1.73 bits per heavy atom. The molecule has 1 atom stereocenters. The average Bonchev–Trinajstić information content (AvgIpc) is 3.13. The summed E-state index contributed by atoms with van der Waals surface area (Å²) >= 11 is 0. The third-order valence-electron chi connectivity index (χ3n) is 5.99. The normalized spacial score (nSPS) is 17.4. The molecule has 5 nitrogen and oxygen atoms in total. The van der Waals surface area contributed by atoms with Gasteiger partial charge in [0.15, 0.2) is 0 Å². The molecule has 1 aliphatic rings. The minimum absolute atomic E-state index is 0.190. The van der Waals surface area contributed by atoms with E-state index in [4.69, 9.17) is 4.74 Å². The lowest BCUT2D eigenvalue weighted by Crippen LogP contribution is -2.29. The topological polar surface area (TPSA) is 66.8 Å². The van der Waals surface area contributed by atoms with Crippen molar-refractivity contribution in [2.45, 2.75) is 32.5 Å². The zero-order valence-corrected chi connectivity index (χ0v) is 20.0. The van der Waals surface area contributed by atoms with Crippen LogP contribution in [0.5, 0.6) is 5.75 Å². The molecule has 3 aromatic carbocycles. The van der Waals surface area contributed by atoms with E-state index in [-0.39, 0.29) is 22.4 Å². The van der Waals surface area contributed by atoms with Gasteiger partial charge in [0, 0.05) is 11.3 Å². The fourth-order valence-electron chi connectivity index (χ4n) is 4.22. The van der Waals surface area contributed by atoms with E-state index >= 15 is 0 Å². The summed E-state index contributed by atoms with van der Waals surface area (Å²) in [5, 5.41) is 11.2. The number of benzene rings is 3. The van der Waals surface area contributed by atoms with Crippen LogP contribution in [0.2, 0.25) is 0 Å². The van der Waals surface area contributed by atoms with Gasteiger partial charge in [-0.3, -0.25) is 14.5 Å². The second kappa shape index (κ2) is 10.1. The number of halogens is 4. The summed E-state index contributed by atoms with van der Waals surface area (Å²) in [4.78, 5) is 27.2. The Hall–Kier alpha value is -4.14. The molecule has 0 radical (unpaired) electrons. The minimum atomic E-state index is -4.69. The van der Waals surface area contributed by atoms with Crippen LogP contribution in [0.3, 0.4) is 0 Å². The Kier molecular flexibility index (Phi) is 7.07. The van der Waals surface area contributed by atoms with Gasteiger partial charge in [0.05, 0.1) is 23.8 Å². The number of carbonyl (C=O) groups excluding carboxylic acids is 2. The van der Waals surface area contributed by atoms with Crippen LogP contribution in [-0.4, -0.2) is 23.4 Å². The Balaban J connectivity index is 1.89. The first-order valence-corrected chi connectivity index (χ1v) is 11.5. The molecule has 0 aromatic heterocycles. The Morgan fingerprint density at radius 1 is 1.03 bits per heavy atom. The van der Waals surface area contributed by atoms with Crippen molar-refractivity contribution in [3.63, 3.8) is 0 Å². The third-order valence-corrected chi connectivity index (χ3v) is 5.99. The molecule has 0 bridgehead atoms. The van der Waals surface area contributed by atoms with E-state index in [0.29, 0.717) is 17.9 Å². The van der Waals surface area contributed by atoms with Gasteiger partial charge in [0.1, 0.15) is 17.3 Å². The number of aliphatic hydroxyl groups is 1. The van der Waals surface area contributed by atoms with Crippen molar-refractivity contribution in [3.8, 4) is 5.75 Å². The van der Waals surface area contributed by atoms with Crippen molar-refractivity contribution >= 4 is 23.1 Å². The third kappa shape index (κ3) is 5.07. The Bertz CT molecular complexity index is 1380. The first-order valence-electron chi connectivity index (χ1n) is 11.5. The highest BCUT2D eigenvalue weighted by atomic mass is 19.4. The molecule has 3 aromatic rings. The molecular weight excluding hydrogens is 490 g/mol. The molecule has 1 amide bonds. The molecule has 1 N–H and O–H groups in total. The van der Waals surface area contributed by atoms with Gasteiger partial charge in [-0.2, -0.15) is 13.2 Å². The first kappa shape index (κ1) is 25.9. The molecule has 0 saturated carbocycles. The molecular formula is C28H23F4NO4. The molecule has 1 unspecified atom stereocenters. The van der Waals surface area contributed by atoms with Gasteiger partial charge in [-0.15, -0.1) is 0 Å². The van der Waals surface area contributed by atoms with Crippen LogP contribution >= 0.6 is 0 Å². The summed E-state index contributed by atoms with van der Waals surface area (Å²) in [6.07, 6.45) is -3.90. The number of hydrogen-bond acceptors (Lipinski definition) is 4. The van der Waals surface area contributed by atoms with E-state index < -0.39 is 41.0 Å². The van der Waals surface area contributed by atoms with Crippen LogP contribution in [-0.2, 0) is 15.8 Å². The van der Waals surface area contributed by atoms with Gasteiger partial charge in [-0.05, 0) is 73.0 Å². The fraction of sp³-hybridized carbons (Fsp3) is 0.214. The lowest BCUT2D eigenvalue weighted by atomic mass is 9.94. The van der Waals surface area contributed by atoms with Crippen LogP contribution in [0.15, 0.2) is 72.3 Å². The van der Waals surface area contributed by atoms with Crippen LogP contribution in [0.1, 0.15) is 41.6 Å². The second-order valence-electron chi connectivity index (χ2n) is 8.60. The lowest BCUT2D eigenvalue weighted by molar-refractivity contribution is -0.137. The number of anilines is 1. The number of nitrogens with zero attached hydrogens (tertiary/aromatic N) is 1. The molecule has 4 rings (SSSR count). The van der Waals surface area contributed by atoms with E-state index in [1.54, 1.807) is 19.1 Å². The van der Waals surface area contributed by atoms with Gasteiger partial charge in [-0.1, -0.05) is 25.1 Å². The minimum Gasteiger partial charge on any atom is -0.507 e. The zero-order chi connectivity index (χ0) is 26.9. The van der Waals surface area contributed by atoms with Gasteiger partial charge < -0.3 is 9.84 Å². The number of aliphatic hydroxyl groups excluding tert-OH is 1. The van der Waals surface area contributed by atoms with Gasteiger partial charge in [0.2, 0.25) is 0 Å². The van der Waals surface area contributed by atoms with Crippen molar-refractivity contribution < 1.29 is 37.0 Å². The number of alkyl halides is 3. The monoisotopic (exact) mass is 513 g/mol. The first-order chi connectivity index (χ1) is 17.5. The predicted octanol–water partition coefficient (Wildman–Crippen LogP) is 6.57. The quantitative estimate of drug-likeness (QED) is 0.175. The van der Waals surface area contributed by atoms with Gasteiger partial charge in [0.25, 0.3) is 11.7 Å². The summed E-state index contributed by atoms with van der Waals surface area (Å²) in [5.41, 5.74) is -0.402. The highest BCUT2D eigenvalue weighted by Crippen LogP contribution is 2.43. The number of hydrogen-bond donors (Lipinski definition) is 1. The Labute approximate surface area is 210 Å². The standard InChI is InChI=1S/C28H23F4NO4/c1-3-13-37-22-12-9-18(14-16(22)2)25(34)23-24(17-7-10-20(29)11-8-17)33(27(36)26(23)35)21-6-4-5-19(15-21)28(30,31)32/h4-12,14-15,24,34H,3,13H2,1-2H3/b25-23+. The van der Waals surface area contributed by atoms with E-state index in [1.807, 2.05) is 6.92 Å². The van der Waals surface area contributed by atoms with Crippen molar-refractivity contribution in [1.82, 2.24) is 0 Å². The van der Waals surface area contributed by atoms with Gasteiger partial charge >= 0.3 is 6.18 Å². The lowest BCUT2D eigenvalue weighted by Gasteiger charge is -2.26. The van der Waals surface area contributed by atoms with Crippen molar-refractivity contribution in [2.75, 3.05) is 11.5 Å². The molecule has 1 aliphatic heterocycles. The number of Topliss-reactive ketones (excluding diaryl/α,β-unsaturated/α-hetero) is 1. The molecule has 0 spiro atoms. The second-order valence-corrected chi connectivity index (χ2v) is 8.60. The summed E-state index contributed by atoms with van der Waals surface area (Å²) in [7, 11) is 0. The highest BCUT2D eigenvalue weighted by molar-refractivity contribution is 6.51. The summed E-state index contributed by atoms with van der Waals surface area (Å²) in [6, 6.07) is 12.3. The molecule has 1 saturated heterocycles. The van der Waals surface area contributed by atoms with Gasteiger partial charge in [-0.25, -0.2) is 4.39 Å². The number of rotatable bonds is 6. The molecule has 1 fully saturated rings. The van der Waals surface area contributed by atoms with E-state index in [9.17, 15) is 32.3 Å². The average molecular weight is 513 g/mol. The van der Waals surface area contributed by atoms with Crippen molar-refractivity contribution in [3.05, 3.63) is 100 Å². The number of amides is 1. The van der Waals surface area contributed by atoms with Crippen LogP contribution in [0.4, 0.5) is 23.2 Å². The summed E-state index contributed by atoms with van der Waals surface area (Å²) < 4.78 is 59.5. The summed E-state index contributed by atoms with van der Waals surface area (Å²) in [6.45, 7) is 4.19. The smallest absolute Gasteiger partial charge is 0.416 e. The van der Waals surface area contributed by atoms with Crippen LogP contribution in [0, 0.1) is 12.7 Å². The van der Waals surface area contributed by atoms with Crippen molar-refractivity contribution in [2.24, 2.45) is 0 Å². The molecule has 37 heavy (non-hydrogen) atoms.